The van der Waals surface area contributed by atoms with Gasteiger partial charge in [0.15, 0.2) is 0 Å². The van der Waals surface area contributed by atoms with Crippen molar-refractivity contribution < 1.29 is 14.6 Å². The number of β-amino-alcohol motifs (C(OH)–C–C–N with tert-alkyl or cyclic N) is 1. The van der Waals surface area contributed by atoms with Gasteiger partial charge in [0, 0.05) is 11.0 Å². The SMILES string of the molecule is CC(C)(C)OC(=O)N1CCCC(O)(C2=C(Br)CCC=C2)C1. The second-order valence-corrected chi connectivity index (χ2v) is 7.75. The van der Waals surface area contributed by atoms with Crippen molar-refractivity contribution in [3.8, 4) is 0 Å². The summed E-state index contributed by atoms with van der Waals surface area (Å²) >= 11 is 3.56. The maximum Gasteiger partial charge on any atom is 0.410 e. The molecule has 1 aliphatic heterocycles. The molecule has 1 amide bonds. The molecule has 21 heavy (non-hydrogen) atoms. The van der Waals surface area contributed by atoms with E-state index >= 15 is 0 Å². The van der Waals surface area contributed by atoms with Gasteiger partial charge in [-0.2, -0.15) is 0 Å². The molecular weight excluding hydrogens is 334 g/mol. The zero-order chi connectivity index (χ0) is 15.7. The van der Waals surface area contributed by atoms with Gasteiger partial charge in [-0.3, -0.25) is 0 Å². The van der Waals surface area contributed by atoms with Crippen LogP contribution in [0.4, 0.5) is 4.79 Å². The maximum atomic E-state index is 12.2. The molecule has 1 aliphatic carbocycles. The molecule has 1 saturated heterocycles. The molecule has 1 heterocycles. The van der Waals surface area contributed by atoms with E-state index in [0.29, 0.717) is 13.0 Å². The maximum absolute atomic E-state index is 12.2. The van der Waals surface area contributed by atoms with Gasteiger partial charge >= 0.3 is 6.09 Å². The second kappa shape index (κ2) is 6.13. The third kappa shape index (κ3) is 4.10. The van der Waals surface area contributed by atoms with Gasteiger partial charge in [0.2, 0.25) is 0 Å². The summed E-state index contributed by atoms with van der Waals surface area (Å²) in [5.41, 5.74) is -0.593. The Morgan fingerprint density at radius 2 is 2.19 bits per heavy atom. The Balaban J connectivity index is 2.13. The summed E-state index contributed by atoms with van der Waals surface area (Å²) in [7, 11) is 0. The zero-order valence-corrected chi connectivity index (χ0v) is 14.6. The number of hydrogen-bond donors (Lipinski definition) is 1. The Morgan fingerprint density at radius 1 is 1.48 bits per heavy atom. The van der Waals surface area contributed by atoms with Crippen molar-refractivity contribution in [1.29, 1.82) is 0 Å². The molecule has 1 unspecified atom stereocenters. The van der Waals surface area contributed by atoms with E-state index < -0.39 is 11.2 Å². The first-order valence-corrected chi connectivity index (χ1v) is 8.26. The smallest absolute Gasteiger partial charge is 0.410 e. The molecule has 1 atom stereocenters. The number of piperidine rings is 1. The van der Waals surface area contributed by atoms with Crippen LogP contribution in [0.2, 0.25) is 0 Å². The molecule has 1 N–H and O–H groups in total. The van der Waals surface area contributed by atoms with Crippen molar-refractivity contribution >= 4 is 22.0 Å². The van der Waals surface area contributed by atoms with Crippen LogP contribution in [0, 0.1) is 0 Å². The Kier molecular flexibility index (Phi) is 4.83. The van der Waals surface area contributed by atoms with Gasteiger partial charge in [-0.1, -0.05) is 28.1 Å². The lowest BCUT2D eigenvalue weighted by molar-refractivity contribution is -0.0229. The molecule has 1 fully saturated rings. The van der Waals surface area contributed by atoms with Crippen molar-refractivity contribution in [2.75, 3.05) is 13.1 Å². The number of carbonyl (C=O) groups is 1. The highest BCUT2D eigenvalue weighted by Crippen LogP contribution is 2.37. The zero-order valence-electron chi connectivity index (χ0n) is 13.0. The largest absolute Gasteiger partial charge is 0.444 e. The van der Waals surface area contributed by atoms with Gasteiger partial charge in [0.25, 0.3) is 0 Å². The highest BCUT2D eigenvalue weighted by atomic mass is 79.9. The molecule has 0 aromatic heterocycles. The molecule has 2 rings (SSSR count). The van der Waals surface area contributed by atoms with E-state index in [1.807, 2.05) is 26.8 Å². The average molecular weight is 358 g/mol. The first-order valence-electron chi connectivity index (χ1n) is 7.47. The van der Waals surface area contributed by atoms with Crippen LogP contribution < -0.4 is 0 Å². The number of halogens is 1. The van der Waals surface area contributed by atoms with Gasteiger partial charge in [-0.05, 0) is 52.0 Å². The van der Waals surface area contributed by atoms with Gasteiger partial charge in [-0.25, -0.2) is 4.79 Å². The van der Waals surface area contributed by atoms with Crippen LogP contribution in [0.3, 0.4) is 0 Å². The van der Waals surface area contributed by atoms with Crippen LogP contribution >= 0.6 is 15.9 Å². The summed E-state index contributed by atoms with van der Waals surface area (Å²) in [6.07, 6.45) is 7.03. The second-order valence-electron chi connectivity index (χ2n) is 6.80. The van der Waals surface area contributed by atoms with Crippen LogP contribution in [0.25, 0.3) is 0 Å². The van der Waals surface area contributed by atoms with E-state index in [1.165, 1.54) is 0 Å². The predicted molar refractivity (Wildman–Crippen MR) is 86.3 cm³/mol. The minimum absolute atomic E-state index is 0.288. The molecule has 118 valence electrons. The van der Waals surface area contributed by atoms with E-state index in [2.05, 4.69) is 22.0 Å². The van der Waals surface area contributed by atoms with E-state index in [-0.39, 0.29) is 12.6 Å². The number of amides is 1. The predicted octanol–water partition coefficient (Wildman–Crippen LogP) is 3.75. The summed E-state index contributed by atoms with van der Waals surface area (Å²) in [5.74, 6) is 0. The fourth-order valence-electron chi connectivity index (χ4n) is 2.78. The molecule has 0 aromatic carbocycles. The number of likely N-dealkylation sites (tertiary alicyclic amines) is 1. The van der Waals surface area contributed by atoms with Crippen molar-refractivity contribution in [3.05, 3.63) is 22.2 Å². The molecule has 2 aliphatic rings. The van der Waals surface area contributed by atoms with Gasteiger partial charge in [0.1, 0.15) is 11.2 Å². The van der Waals surface area contributed by atoms with Crippen molar-refractivity contribution in [2.45, 2.75) is 57.7 Å². The van der Waals surface area contributed by atoms with E-state index in [1.54, 1.807) is 4.90 Å². The van der Waals surface area contributed by atoms with E-state index in [4.69, 9.17) is 4.74 Å². The van der Waals surface area contributed by atoms with Crippen molar-refractivity contribution in [1.82, 2.24) is 4.90 Å². The number of aliphatic hydroxyl groups is 1. The Hall–Kier alpha value is -0.810. The van der Waals surface area contributed by atoms with Crippen LogP contribution in [-0.4, -0.2) is 40.4 Å². The summed E-state index contributed by atoms with van der Waals surface area (Å²) < 4.78 is 6.46. The third-order valence-electron chi connectivity index (χ3n) is 3.73. The molecular formula is C16H24BrNO3. The van der Waals surface area contributed by atoms with Crippen LogP contribution in [0.1, 0.15) is 46.5 Å². The average Bonchev–Trinajstić information content (AvgIpc) is 2.37. The van der Waals surface area contributed by atoms with Crippen LogP contribution in [0.5, 0.6) is 0 Å². The Labute approximate surface area is 135 Å². The lowest BCUT2D eigenvalue weighted by atomic mass is 9.83. The quantitative estimate of drug-likeness (QED) is 0.777. The summed E-state index contributed by atoms with van der Waals surface area (Å²) in [4.78, 5) is 13.8. The van der Waals surface area contributed by atoms with E-state index in [0.717, 1.165) is 29.3 Å². The van der Waals surface area contributed by atoms with Crippen molar-refractivity contribution in [2.24, 2.45) is 0 Å². The third-order valence-corrected chi connectivity index (χ3v) is 4.55. The summed E-state index contributed by atoms with van der Waals surface area (Å²) in [6.45, 7) is 6.47. The first-order chi connectivity index (χ1) is 9.71. The fourth-order valence-corrected chi connectivity index (χ4v) is 3.51. The fraction of sp³-hybridized carbons (Fsp3) is 0.688. The Bertz CT molecular complexity index is 478. The lowest BCUT2D eigenvalue weighted by Gasteiger charge is -2.41. The number of allylic oxidation sites excluding steroid dienone is 2. The van der Waals surface area contributed by atoms with Crippen LogP contribution in [0.15, 0.2) is 22.2 Å². The number of hydrogen-bond acceptors (Lipinski definition) is 3. The first kappa shape index (κ1) is 16.6. The molecule has 4 nitrogen and oxygen atoms in total. The molecule has 0 radical (unpaired) electrons. The Morgan fingerprint density at radius 3 is 2.81 bits per heavy atom. The van der Waals surface area contributed by atoms with E-state index in [9.17, 15) is 9.90 Å². The molecule has 0 aromatic rings. The normalized spacial score (nSPS) is 27.0. The summed E-state index contributed by atoms with van der Waals surface area (Å²) in [5, 5.41) is 11.0. The van der Waals surface area contributed by atoms with Gasteiger partial charge < -0.3 is 14.7 Å². The molecule has 5 heteroatoms. The molecule has 0 saturated carbocycles. The minimum atomic E-state index is -0.981. The number of carbonyl (C=O) groups excluding carboxylic acids is 1. The molecule has 0 bridgehead atoms. The highest BCUT2D eigenvalue weighted by Gasteiger charge is 2.40. The molecule has 0 spiro atoms. The number of ether oxygens (including phenoxy) is 1. The minimum Gasteiger partial charge on any atom is -0.444 e. The van der Waals surface area contributed by atoms with Crippen LogP contribution in [-0.2, 0) is 4.74 Å². The monoisotopic (exact) mass is 357 g/mol. The van der Waals surface area contributed by atoms with Crippen molar-refractivity contribution in [3.63, 3.8) is 0 Å². The lowest BCUT2D eigenvalue weighted by Crippen LogP contribution is -2.52. The number of nitrogens with zero attached hydrogens (tertiary/aromatic N) is 1. The highest BCUT2D eigenvalue weighted by molar-refractivity contribution is 9.11. The summed E-state index contributed by atoms with van der Waals surface area (Å²) in [6, 6.07) is 0. The standard InChI is InChI=1S/C16H24BrNO3/c1-15(2,3)21-14(19)18-10-6-9-16(20,11-18)12-7-4-5-8-13(12)17/h4,7,20H,5-6,8-11H2,1-3H3. The van der Waals surface area contributed by atoms with Gasteiger partial charge in [0.05, 0.1) is 6.54 Å². The topological polar surface area (TPSA) is 49.8 Å². The number of rotatable bonds is 1. The van der Waals surface area contributed by atoms with Gasteiger partial charge in [-0.15, -0.1) is 0 Å².